The molecular formula is C14H8F5IN2O4. The number of aromatic nitrogens is 2. The standard InChI is InChI=1S/C14H8F5IN2O4/c1-5-8(13(23)24-2)12(22-21-11(5)20)25-6-3-4-7(10(16)9(6)15)26-14(17,18)19/h3-4H,1-2H3. The highest BCUT2D eigenvalue weighted by Gasteiger charge is 2.33. The van der Waals surface area contributed by atoms with E-state index in [4.69, 9.17) is 4.74 Å². The Bertz CT molecular complexity index is 860. The Balaban J connectivity index is 2.45. The molecule has 1 aromatic carbocycles. The average molecular weight is 490 g/mol. The summed E-state index contributed by atoms with van der Waals surface area (Å²) in [6.07, 6.45) is -5.20. The zero-order valence-corrected chi connectivity index (χ0v) is 15.1. The Morgan fingerprint density at radius 2 is 1.69 bits per heavy atom. The van der Waals surface area contributed by atoms with Crippen LogP contribution in [0.3, 0.4) is 0 Å². The number of alkyl halides is 3. The van der Waals surface area contributed by atoms with Gasteiger partial charge in [-0.3, -0.25) is 0 Å². The van der Waals surface area contributed by atoms with Crippen LogP contribution < -0.4 is 9.47 Å². The number of rotatable bonds is 4. The minimum absolute atomic E-state index is 0.192. The van der Waals surface area contributed by atoms with Gasteiger partial charge in [-0.1, -0.05) is 0 Å². The van der Waals surface area contributed by atoms with E-state index in [1.165, 1.54) is 6.92 Å². The summed E-state index contributed by atoms with van der Waals surface area (Å²) in [4.78, 5) is 11.9. The zero-order chi connectivity index (χ0) is 19.6. The minimum Gasteiger partial charge on any atom is -0.465 e. The number of halogens is 6. The maximum Gasteiger partial charge on any atom is 0.573 e. The van der Waals surface area contributed by atoms with Gasteiger partial charge in [-0.25, -0.2) is 4.79 Å². The molecule has 0 radical (unpaired) electrons. The molecule has 0 atom stereocenters. The van der Waals surface area contributed by atoms with Crippen molar-refractivity contribution in [2.75, 3.05) is 7.11 Å². The van der Waals surface area contributed by atoms with E-state index in [-0.39, 0.29) is 5.56 Å². The summed E-state index contributed by atoms with van der Waals surface area (Å²) in [5, 5.41) is 7.26. The summed E-state index contributed by atoms with van der Waals surface area (Å²) in [6, 6.07) is 1.21. The second-order valence-corrected chi connectivity index (χ2v) is 5.65. The molecule has 2 aromatic rings. The van der Waals surface area contributed by atoms with E-state index < -0.39 is 41.3 Å². The van der Waals surface area contributed by atoms with Crippen LogP contribution in [-0.2, 0) is 4.74 Å². The number of methoxy groups -OCH3 is 1. The van der Waals surface area contributed by atoms with Crippen LogP contribution in [-0.4, -0.2) is 29.6 Å². The summed E-state index contributed by atoms with van der Waals surface area (Å²) in [5.74, 6) is -7.26. The molecular weight excluding hydrogens is 482 g/mol. The average Bonchev–Trinajstić information content (AvgIpc) is 2.56. The molecule has 1 heterocycles. The molecule has 0 saturated heterocycles. The third-order valence-electron chi connectivity index (χ3n) is 2.96. The fourth-order valence-corrected chi connectivity index (χ4v) is 2.17. The van der Waals surface area contributed by atoms with E-state index >= 15 is 0 Å². The van der Waals surface area contributed by atoms with E-state index in [1.807, 2.05) is 0 Å². The van der Waals surface area contributed by atoms with Crippen molar-refractivity contribution in [3.8, 4) is 17.4 Å². The Morgan fingerprint density at radius 3 is 2.27 bits per heavy atom. The normalized spacial score (nSPS) is 11.2. The smallest absolute Gasteiger partial charge is 0.465 e. The highest BCUT2D eigenvalue weighted by molar-refractivity contribution is 14.1. The Hall–Kier alpha value is -2.25. The fraction of sp³-hybridized carbons (Fsp3) is 0.214. The first kappa shape index (κ1) is 20.1. The Kier molecular flexibility index (Phi) is 5.83. The van der Waals surface area contributed by atoms with Crippen LogP contribution in [0, 0.1) is 22.3 Å². The third kappa shape index (κ3) is 4.28. The Morgan fingerprint density at radius 1 is 1.12 bits per heavy atom. The van der Waals surface area contributed by atoms with E-state index in [2.05, 4.69) is 19.7 Å². The number of carbonyl (C=O) groups excluding carboxylic acids is 1. The summed E-state index contributed by atoms with van der Waals surface area (Å²) < 4.78 is 77.5. The summed E-state index contributed by atoms with van der Waals surface area (Å²) in [6.45, 7) is 1.49. The van der Waals surface area contributed by atoms with Crippen molar-refractivity contribution >= 4 is 28.6 Å². The SMILES string of the molecule is COC(=O)c1c(Oc2ccc(OC(F)(F)F)c(F)c2F)nnc(I)c1C. The first-order valence-corrected chi connectivity index (χ1v) is 7.65. The van der Waals surface area contributed by atoms with Crippen LogP contribution in [0.15, 0.2) is 12.1 Å². The van der Waals surface area contributed by atoms with Gasteiger partial charge < -0.3 is 14.2 Å². The van der Waals surface area contributed by atoms with Gasteiger partial charge in [0.25, 0.3) is 5.88 Å². The number of hydrogen-bond donors (Lipinski definition) is 0. The molecule has 0 saturated carbocycles. The molecule has 26 heavy (non-hydrogen) atoms. The van der Waals surface area contributed by atoms with Crippen LogP contribution >= 0.6 is 22.6 Å². The Labute approximate surface area is 156 Å². The molecule has 0 aliphatic carbocycles. The van der Waals surface area contributed by atoms with Crippen molar-refractivity contribution in [2.45, 2.75) is 13.3 Å². The van der Waals surface area contributed by atoms with Gasteiger partial charge in [-0.05, 0) is 41.6 Å². The quantitative estimate of drug-likeness (QED) is 0.365. The molecule has 0 aliphatic rings. The molecule has 0 aliphatic heterocycles. The number of hydrogen-bond acceptors (Lipinski definition) is 6. The topological polar surface area (TPSA) is 70.5 Å². The second kappa shape index (κ2) is 7.55. The molecule has 0 fully saturated rings. The largest absolute Gasteiger partial charge is 0.573 e. The predicted molar refractivity (Wildman–Crippen MR) is 83.9 cm³/mol. The number of nitrogens with zero attached hydrogens (tertiary/aromatic N) is 2. The first-order chi connectivity index (χ1) is 12.0. The highest BCUT2D eigenvalue weighted by atomic mass is 127. The van der Waals surface area contributed by atoms with Gasteiger partial charge in [0.2, 0.25) is 11.6 Å². The molecule has 0 N–H and O–H groups in total. The summed E-state index contributed by atoms with van der Waals surface area (Å²) in [7, 11) is 1.09. The van der Waals surface area contributed by atoms with Gasteiger partial charge in [0.05, 0.1) is 7.11 Å². The molecule has 12 heteroatoms. The molecule has 6 nitrogen and oxygen atoms in total. The number of benzene rings is 1. The van der Waals surface area contributed by atoms with E-state index in [0.717, 1.165) is 7.11 Å². The van der Waals surface area contributed by atoms with Crippen molar-refractivity contribution < 1.29 is 41.0 Å². The van der Waals surface area contributed by atoms with Crippen molar-refractivity contribution in [1.29, 1.82) is 0 Å². The molecule has 1 aromatic heterocycles. The van der Waals surface area contributed by atoms with Gasteiger partial charge in [0, 0.05) is 5.56 Å². The van der Waals surface area contributed by atoms with Crippen LogP contribution in [0.5, 0.6) is 17.4 Å². The predicted octanol–water partition coefficient (Wildman–Crippen LogP) is 4.15. The second-order valence-electron chi connectivity index (χ2n) is 4.63. The van der Waals surface area contributed by atoms with E-state index in [1.54, 1.807) is 22.6 Å². The van der Waals surface area contributed by atoms with Gasteiger partial charge >= 0.3 is 12.3 Å². The monoisotopic (exact) mass is 490 g/mol. The number of carbonyl (C=O) groups is 1. The van der Waals surface area contributed by atoms with Crippen molar-refractivity contribution in [3.05, 3.63) is 38.6 Å². The zero-order valence-electron chi connectivity index (χ0n) is 12.9. The van der Waals surface area contributed by atoms with Crippen molar-refractivity contribution in [2.24, 2.45) is 0 Å². The van der Waals surface area contributed by atoms with Gasteiger partial charge in [0.1, 0.15) is 9.26 Å². The van der Waals surface area contributed by atoms with Crippen molar-refractivity contribution in [3.63, 3.8) is 0 Å². The lowest BCUT2D eigenvalue weighted by Gasteiger charge is -2.14. The highest BCUT2D eigenvalue weighted by Crippen LogP contribution is 2.34. The van der Waals surface area contributed by atoms with Crippen molar-refractivity contribution in [1.82, 2.24) is 10.2 Å². The molecule has 140 valence electrons. The first-order valence-electron chi connectivity index (χ1n) is 6.57. The van der Waals surface area contributed by atoms with Crippen LogP contribution in [0.4, 0.5) is 22.0 Å². The van der Waals surface area contributed by atoms with Crippen LogP contribution in [0.1, 0.15) is 15.9 Å². The summed E-state index contributed by atoms with van der Waals surface area (Å²) in [5.41, 5.74) is 0.114. The van der Waals surface area contributed by atoms with E-state index in [9.17, 15) is 26.7 Å². The van der Waals surface area contributed by atoms with Gasteiger partial charge in [0.15, 0.2) is 11.5 Å². The molecule has 0 spiro atoms. The number of esters is 1. The number of ether oxygens (including phenoxy) is 3. The lowest BCUT2D eigenvalue weighted by Crippen LogP contribution is -2.18. The molecule has 0 unspecified atom stereocenters. The molecule has 0 bridgehead atoms. The van der Waals surface area contributed by atoms with Gasteiger partial charge in [-0.2, -0.15) is 8.78 Å². The molecule has 2 rings (SSSR count). The van der Waals surface area contributed by atoms with Crippen LogP contribution in [0.25, 0.3) is 0 Å². The van der Waals surface area contributed by atoms with Gasteiger partial charge in [-0.15, -0.1) is 23.4 Å². The fourth-order valence-electron chi connectivity index (χ4n) is 1.79. The third-order valence-corrected chi connectivity index (χ3v) is 3.99. The summed E-state index contributed by atoms with van der Waals surface area (Å²) >= 11 is 1.78. The lowest BCUT2D eigenvalue weighted by molar-refractivity contribution is -0.275. The minimum atomic E-state index is -5.20. The maximum absolute atomic E-state index is 14.0. The maximum atomic E-state index is 14.0. The lowest BCUT2D eigenvalue weighted by atomic mass is 10.2. The van der Waals surface area contributed by atoms with Crippen LogP contribution in [0.2, 0.25) is 0 Å². The molecule has 0 amide bonds. The van der Waals surface area contributed by atoms with E-state index in [0.29, 0.717) is 21.4 Å².